The normalized spacial score (nSPS) is 9.65. The monoisotopic (exact) mass is 222 g/mol. The van der Waals surface area contributed by atoms with Gasteiger partial charge in [0.1, 0.15) is 18.0 Å². The van der Waals surface area contributed by atoms with Crippen LogP contribution in [0.3, 0.4) is 0 Å². The summed E-state index contributed by atoms with van der Waals surface area (Å²) in [7, 11) is 0. The summed E-state index contributed by atoms with van der Waals surface area (Å²) >= 11 is 0. The molecular weight excluding hydrogens is 212 g/mol. The predicted molar refractivity (Wildman–Crippen MR) is 62.9 cm³/mol. The third-order valence-electron chi connectivity index (χ3n) is 2.42. The lowest BCUT2D eigenvalue weighted by Crippen LogP contribution is -1.84. The van der Waals surface area contributed by atoms with Crippen LogP contribution in [0.4, 0.5) is 0 Å². The first-order chi connectivity index (χ1) is 8.13. The molecule has 1 aromatic carbocycles. The molecule has 0 saturated heterocycles. The van der Waals surface area contributed by atoms with Crippen LogP contribution in [0.2, 0.25) is 0 Å². The average Bonchev–Trinajstić information content (AvgIpc) is 2.70. The van der Waals surface area contributed by atoms with Crippen molar-refractivity contribution < 1.29 is 0 Å². The molecule has 82 valence electrons. The van der Waals surface area contributed by atoms with Crippen LogP contribution in [0, 0.1) is 36.5 Å². The van der Waals surface area contributed by atoms with Gasteiger partial charge in [0.05, 0.1) is 0 Å². The van der Waals surface area contributed by atoms with Gasteiger partial charge in [-0.05, 0) is 26.0 Å². The second-order valence-electron chi connectivity index (χ2n) is 3.91. The molecule has 0 radical (unpaired) electrons. The van der Waals surface area contributed by atoms with Gasteiger partial charge >= 0.3 is 0 Å². The van der Waals surface area contributed by atoms with Gasteiger partial charge in [0.15, 0.2) is 11.4 Å². The van der Waals surface area contributed by atoms with Gasteiger partial charge in [0.25, 0.3) is 0 Å². The van der Waals surface area contributed by atoms with Gasteiger partial charge in [-0.3, -0.25) is 0 Å². The standard InChI is InChI=1S/C13H10N4/c1-8-3-9(2)5-10(4-8)13-16-11(6-14)12(7-15)17-13/h3-5H,1-2H3,(H,16,17). The first-order valence-electron chi connectivity index (χ1n) is 5.13. The van der Waals surface area contributed by atoms with Crippen molar-refractivity contribution in [3.8, 4) is 23.5 Å². The van der Waals surface area contributed by atoms with E-state index < -0.39 is 0 Å². The topological polar surface area (TPSA) is 76.3 Å². The lowest BCUT2D eigenvalue weighted by atomic mass is 10.1. The number of rotatable bonds is 1. The molecule has 0 aliphatic carbocycles. The molecule has 1 aromatic heterocycles. The van der Waals surface area contributed by atoms with Crippen LogP contribution in [0.5, 0.6) is 0 Å². The maximum Gasteiger partial charge on any atom is 0.177 e. The Kier molecular flexibility index (Phi) is 2.64. The van der Waals surface area contributed by atoms with E-state index in [0.29, 0.717) is 5.82 Å². The summed E-state index contributed by atoms with van der Waals surface area (Å²) in [4.78, 5) is 6.97. The Hall–Kier alpha value is -2.59. The van der Waals surface area contributed by atoms with Gasteiger partial charge in [-0.15, -0.1) is 0 Å². The second-order valence-corrected chi connectivity index (χ2v) is 3.91. The van der Waals surface area contributed by atoms with Crippen LogP contribution in [0.15, 0.2) is 18.2 Å². The zero-order valence-corrected chi connectivity index (χ0v) is 9.57. The Morgan fingerprint density at radius 3 is 2.18 bits per heavy atom. The highest BCUT2D eigenvalue weighted by Gasteiger charge is 2.11. The fraction of sp³-hybridized carbons (Fsp3) is 0.154. The SMILES string of the molecule is Cc1cc(C)cc(-c2nc(C#N)c(C#N)[nH]2)c1. The molecule has 2 rings (SSSR count). The highest BCUT2D eigenvalue weighted by Crippen LogP contribution is 2.20. The fourth-order valence-electron chi connectivity index (χ4n) is 1.78. The van der Waals surface area contributed by atoms with Crippen molar-refractivity contribution in [3.63, 3.8) is 0 Å². The minimum absolute atomic E-state index is 0.140. The third kappa shape index (κ3) is 2.02. The van der Waals surface area contributed by atoms with Crippen LogP contribution >= 0.6 is 0 Å². The van der Waals surface area contributed by atoms with Crippen molar-refractivity contribution in [2.24, 2.45) is 0 Å². The number of nitrogens with zero attached hydrogens (tertiary/aromatic N) is 3. The maximum atomic E-state index is 8.85. The molecule has 0 atom stereocenters. The number of aryl methyl sites for hydroxylation is 2. The summed E-state index contributed by atoms with van der Waals surface area (Å²) in [6.45, 7) is 3.99. The molecule has 0 aliphatic heterocycles. The van der Waals surface area contributed by atoms with E-state index in [9.17, 15) is 0 Å². The fourth-order valence-corrected chi connectivity index (χ4v) is 1.78. The molecular formula is C13H10N4. The van der Waals surface area contributed by atoms with Crippen molar-refractivity contribution in [1.82, 2.24) is 9.97 Å². The van der Waals surface area contributed by atoms with E-state index in [-0.39, 0.29) is 11.4 Å². The highest BCUT2D eigenvalue weighted by atomic mass is 14.9. The summed E-state index contributed by atoms with van der Waals surface area (Å²) in [5.41, 5.74) is 3.48. The summed E-state index contributed by atoms with van der Waals surface area (Å²) in [6, 6.07) is 9.82. The lowest BCUT2D eigenvalue weighted by molar-refractivity contribution is 1.27. The Morgan fingerprint density at radius 1 is 1.06 bits per heavy atom. The predicted octanol–water partition coefficient (Wildman–Crippen LogP) is 2.44. The van der Waals surface area contributed by atoms with E-state index in [0.717, 1.165) is 16.7 Å². The van der Waals surface area contributed by atoms with Gasteiger partial charge in [-0.2, -0.15) is 10.5 Å². The van der Waals surface area contributed by atoms with E-state index in [1.165, 1.54) is 0 Å². The maximum absolute atomic E-state index is 8.85. The van der Waals surface area contributed by atoms with Crippen molar-refractivity contribution in [2.75, 3.05) is 0 Å². The van der Waals surface area contributed by atoms with Crippen LogP contribution in [-0.4, -0.2) is 9.97 Å². The first kappa shape index (κ1) is 10.9. The number of aromatic nitrogens is 2. The summed E-state index contributed by atoms with van der Waals surface area (Å²) < 4.78 is 0. The Bertz CT molecular complexity index is 601. The molecule has 0 aliphatic rings. The van der Waals surface area contributed by atoms with Gasteiger partial charge in [0, 0.05) is 5.56 Å². The molecule has 2 aromatic rings. The van der Waals surface area contributed by atoms with E-state index in [2.05, 4.69) is 16.0 Å². The molecule has 0 spiro atoms. The molecule has 0 unspecified atom stereocenters. The number of nitriles is 2. The Morgan fingerprint density at radius 2 is 1.71 bits per heavy atom. The summed E-state index contributed by atoms with van der Waals surface area (Å²) in [5.74, 6) is 0.560. The van der Waals surface area contributed by atoms with E-state index >= 15 is 0 Å². The van der Waals surface area contributed by atoms with Crippen LogP contribution < -0.4 is 0 Å². The smallest absolute Gasteiger partial charge is 0.177 e. The molecule has 0 saturated carbocycles. The number of imidazole rings is 1. The largest absolute Gasteiger partial charge is 0.329 e. The first-order valence-corrected chi connectivity index (χ1v) is 5.13. The van der Waals surface area contributed by atoms with Crippen LogP contribution in [0.25, 0.3) is 11.4 Å². The van der Waals surface area contributed by atoms with E-state index in [4.69, 9.17) is 10.5 Å². The van der Waals surface area contributed by atoms with Crippen molar-refractivity contribution in [3.05, 3.63) is 40.7 Å². The number of benzene rings is 1. The molecule has 0 bridgehead atoms. The molecule has 17 heavy (non-hydrogen) atoms. The Balaban J connectivity index is 2.58. The van der Waals surface area contributed by atoms with E-state index in [1.54, 1.807) is 0 Å². The number of H-pyrrole nitrogens is 1. The van der Waals surface area contributed by atoms with Crippen LogP contribution in [-0.2, 0) is 0 Å². The van der Waals surface area contributed by atoms with Gasteiger partial charge in [-0.1, -0.05) is 17.2 Å². The zero-order valence-electron chi connectivity index (χ0n) is 9.57. The van der Waals surface area contributed by atoms with Gasteiger partial charge < -0.3 is 4.98 Å². The van der Waals surface area contributed by atoms with Crippen molar-refractivity contribution >= 4 is 0 Å². The highest BCUT2D eigenvalue weighted by molar-refractivity contribution is 5.60. The zero-order chi connectivity index (χ0) is 12.4. The van der Waals surface area contributed by atoms with Crippen LogP contribution in [0.1, 0.15) is 22.5 Å². The second kappa shape index (κ2) is 4.11. The lowest BCUT2D eigenvalue weighted by Gasteiger charge is -2.01. The molecule has 0 fully saturated rings. The quantitative estimate of drug-likeness (QED) is 0.805. The number of nitrogens with one attached hydrogen (secondary N) is 1. The number of aromatic amines is 1. The van der Waals surface area contributed by atoms with E-state index in [1.807, 2.05) is 38.1 Å². The molecule has 1 N–H and O–H groups in total. The van der Waals surface area contributed by atoms with Crippen molar-refractivity contribution in [2.45, 2.75) is 13.8 Å². The third-order valence-corrected chi connectivity index (χ3v) is 2.42. The molecule has 4 heteroatoms. The van der Waals surface area contributed by atoms with Gasteiger partial charge in [-0.25, -0.2) is 4.98 Å². The molecule has 4 nitrogen and oxygen atoms in total. The Labute approximate surface area is 99.2 Å². The summed E-state index contributed by atoms with van der Waals surface area (Å²) in [6.07, 6.45) is 0. The minimum Gasteiger partial charge on any atom is -0.329 e. The minimum atomic E-state index is 0.140. The van der Waals surface area contributed by atoms with Gasteiger partial charge in [0.2, 0.25) is 0 Å². The molecule has 1 heterocycles. The number of hydrogen-bond donors (Lipinski definition) is 1. The summed E-state index contributed by atoms with van der Waals surface area (Å²) in [5, 5.41) is 17.7. The average molecular weight is 222 g/mol. The number of hydrogen-bond acceptors (Lipinski definition) is 3. The molecule has 0 amide bonds. The van der Waals surface area contributed by atoms with Crippen molar-refractivity contribution in [1.29, 1.82) is 10.5 Å².